The predicted molar refractivity (Wildman–Crippen MR) is 106 cm³/mol. The molecule has 2 heterocycles. The molecule has 1 atom stereocenters. The van der Waals surface area contributed by atoms with Crippen LogP contribution in [0.1, 0.15) is 17.5 Å². The van der Waals surface area contributed by atoms with Crippen LogP contribution in [0.15, 0.2) is 47.4 Å². The first-order chi connectivity index (χ1) is 13.0. The fourth-order valence-corrected chi connectivity index (χ4v) is 5.96. The molecule has 2 aromatic carbocycles. The SMILES string of the molecule is COc1ccc(Cl)cc1S(=O)(=O)N1CCC(N2CCc3ccccc3C2)C1. The van der Waals surface area contributed by atoms with Crippen LogP contribution in [0.2, 0.25) is 5.02 Å². The number of rotatable bonds is 4. The highest BCUT2D eigenvalue weighted by Crippen LogP contribution is 2.33. The van der Waals surface area contributed by atoms with E-state index < -0.39 is 10.0 Å². The predicted octanol–water partition coefficient (Wildman–Crippen LogP) is 3.17. The van der Waals surface area contributed by atoms with Crippen LogP contribution in [-0.2, 0) is 23.0 Å². The summed E-state index contributed by atoms with van der Waals surface area (Å²) < 4.78 is 33.1. The number of sulfonamides is 1. The summed E-state index contributed by atoms with van der Waals surface area (Å²) >= 11 is 6.04. The average Bonchev–Trinajstić information content (AvgIpc) is 3.18. The van der Waals surface area contributed by atoms with Crippen molar-refractivity contribution in [3.8, 4) is 5.75 Å². The van der Waals surface area contributed by atoms with E-state index in [1.165, 1.54) is 24.3 Å². The molecule has 1 saturated heterocycles. The second-order valence-corrected chi connectivity index (χ2v) is 9.43. The lowest BCUT2D eigenvalue weighted by Crippen LogP contribution is -2.41. The minimum Gasteiger partial charge on any atom is -0.495 e. The quantitative estimate of drug-likeness (QED) is 0.782. The Morgan fingerprint density at radius 1 is 1.11 bits per heavy atom. The Hall–Kier alpha value is -1.60. The van der Waals surface area contributed by atoms with Crippen LogP contribution in [0.5, 0.6) is 5.75 Å². The highest BCUT2D eigenvalue weighted by molar-refractivity contribution is 7.89. The van der Waals surface area contributed by atoms with E-state index in [1.807, 2.05) is 0 Å². The number of halogens is 1. The Morgan fingerprint density at radius 2 is 1.89 bits per heavy atom. The van der Waals surface area contributed by atoms with Gasteiger partial charge in [-0.2, -0.15) is 4.31 Å². The lowest BCUT2D eigenvalue weighted by atomic mass is 9.98. The molecule has 2 aromatic rings. The van der Waals surface area contributed by atoms with Crippen molar-refractivity contribution in [1.29, 1.82) is 0 Å². The molecule has 0 saturated carbocycles. The Kier molecular flexibility index (Phi) is 5.16. The molecule has 2 aliphatic rings. The van der Waals surface area contributed by atoms with Crippen molar-refractivity contribution < 1.29 is 13.2 Å². The van der Waals surface area contributed by atoms with Gasteiger partial charge in [0.1, 0.15) is 10.6 Å². The molecule has 4 rings (SSSR count). The number of hydrogen-bond donors (Lipinski definition) is 0. The zero-order valence-electron chi connectivity index (χ0n) is 15.3. The third kappa shape index (κ3) is 3.59. The van der Waals surface area contributed by atoms with Crippen LogP contribution in [-0.4, -0.2) is 50.4 Å². The highest BCUT2D eigenvalue weighted by atomic mass is 35.5. The molecule has 7 heteroatoms. The molecule has 0 aliphatic carbocycles. The third-order valence-electron chi connectivity index (χ3n) is 5.55. The molecule has 144 valence electrons. The third-order valence-corrected chi connectivity index (χ3v) is 7.67. The van der Waals surface area contributed by atoms with E-state index in [1.54, 1.807) is 16.4 Å². The lowest BCUT2D eigenvalue weighted by molar-refractivity contribution is 0.185. The maximum Gasteiger partial charge on any atom is 0.246 e. The summed E-state index contributed by atoms with van der Waals surface area (Å²) in [5.74, 6) is 0.328. The first-order valence-corrected chi connectivity index (χ1v) is 11.0. The Morgan fingerprint density at radius 3 is 2.67 bits per heavy atom. The van der Waals surface area contributed by atoms with Gasteiger partial charge in [0, 0.05) is 37.2 Å². The zero-order chi connectivity index (χ0) is 19.0. The number of methoxy groups -OCH3 is 1. The molecule has 1 fully saturated rings. The Balaban J connectivity index is 1.52. The first kappa shape index (κ1) is 18.7. The molecule has 0 aromatic heterocycles. The zero-order valence-corrected chi connectivity index (χ0v) is 16.8. The largest absolute Gasteiger partial charge is 0.495 e. The maximum atomic E-state index is 13.2. The number of benzene rings is 2. The second-order valence-electron chi connectivity index (χ2n) is 7.09. The van der Waals surface area contributed by atoms with Crippen LogP contribution in [0.4, 0.5) is 0 Å². The highest BCUT2D eigenvalue weighted by Gasteiger charge is 2.37. The van der Waals surface area contributed by atoms with Crippen LogP contribution in [0.3, 0.4) is 0 Å². The molecule has 0 amide bonds. The second kappa shape index (κ2) is 7.43. The van der Waals surface area contributed by atoms with E-state index in [-0.39, 0.29) is 10.9 Å². The van der Waals surface area contributed by atoms with Gasteiger partial charge in [0.05, 0.1) is 7.11 Å². The van der Waals surface area contributed by atoms with E-state index in [4.69, 9.17) is 16.3 Å². The van der Waals surface area contributed by atoms with E-state index in [0.29, 0.717) is 23.9 Å². The minimum atomic E-state index is -3.64. The molecule has 5 nitrogen and oxygen atoms in total. The first-order valence-electron chi connectivity index (χ1n) is 9.13. The van der Waals surface area contributed by atoms with Crippen molar-refractivity contribution in [3.63, 3.8) is 0 Å². The van der Waals surface area contributed by atoms with Gasteiger partial charge in [0.2, 0.25) is 10.0 Å². The molecule has 0 bridgehead atoms. The number of ether oxygens (including phenoxy) is 1. The average molecular weight is 407 g/mol. The molecular formula is C20H23ClN2O3S. The van der Waals surface area contributed by atoms with Gasteiger partial charge in [-0.3, -0.25) is 4.90 Å². The number of fused-ring (bicyclic) bond motifs is 1. The van der Waals surface area contributed by atoms with Gasteiger partial charge in [-0.25, -0.2) is 8.42 Å². The summed E-state index contributed by atoms with van der Waals surface area (Å²) in [6, 6.07) is 13.4. The van der Waals surface area contributed by atoms with Crippen LogP contribution < -0.4 is 4.74 Å². The molecule has 0 radical (unpaired) electrons. The fourth-order valence-electron chi connectivity index (χ4n) is 4.05. The van der Waals surface area contributed by atoms with Gasteiger partial charge in [0.25, 0.3) is 0 Å². The summed E-state index contributed by atoms with van der Waals surface area (Å²) in [6.45, 7) is 2.87. The maximum absolute atomic E-state index is 13.2. The monoisotopic (exact) mass is 406 g/mol. The van der Waals surface area contributed by atoms with Gasteiger partial charge in [0.15, 0.2) is 0 Å². The summed E-state index contributed by atoms with van der Waals surface area (Å²) in [6.07, 6.45) is 1.85. The van der Waals surface area contributed by atoms with Crippen LogP contribution in [0.25, 0.3) is 0 Å². The van der Waals surface area contributed by atoms with E-state index in [9.17, 15) is 8.42 Å². The molecular weight excluding hydrogens is 384 g/mol. The van der Waals surface area contributed by atoms with Crippen molar-refractivity contribution in [2.45, 2.75) is 30.3 Å². The van der Waals surface area contributed by atoms with E-state index in [2.05, 4.69) is 29.2 Å². The minimum absolute atomic E-state index is 0.141. The van der Waals surface area contributed by atoms with Gasteiger partial charge < -0.3 is 4.74 Å². The molecule has 27 heavy (non-hydrogen) atoms. The lowest BCUT2D eigenvalue weighted by Gasteiger charge is -2.33. The van der Waals surface area contributed by atoms with E-state index in [0.717, 1.165) is 25.9 Å². The summed E-state index contributed by atoms with van der Waals surface area (Å²) in [4.78, 5) is 2.55. The van der Waals surface area contributed by atoms with Crippen molar-refractivity contribution >= 4 is 21.6 Å². The number of hydrogen-bond acceptors (Lipinski definition) is 4. The van der Waals surface area contributed by atoms with Crippen LogP contribution >= 0.6 is 11.6 Å². The molecule has 2 aliphatic heterocycles. The van der Waals surface area contributed by atoms with Gasteiger partial charge in [-0.1, -0.05) is 35.9 Å². The van der Waals surface area contributed by atoms with Crippen molar-refractivity contribution in [1.82, 2.24) is 9.21 Å². The topological polar surface area (TPSA) is 49.9 Å². The standard InChI is InChI=1S/C20H23ClN2O3S/c1-26-19-7-6-17(21)12-20(19)27(24,25)23-11-9-18(14-23)22-10-8-15-4-2-3-5-16(15)13-22/h2-7,12,18H,8-11,13-14H2,1H3. The normalized spacial score (nSPS) is 21.2. The fraction of sp³-hybridized carbons (Fsp3) is 0.400. The summed E-state index contributed by atoms with van der Waals surface area (Å²) in [5, 5.41) is 0.387. The summed E-state index contributed by atoms with van der Waals surface area (Å²) in [7, 11) is -2.17. The summed E-state index contributed by atoms with van der Waals surface area (Å²) in [5.41, 5.74) is 2.75. The van der Waals surface area contributed by atoms with Crippen molar-refractivity contribution in [2.24, 2.45) is 0 Å². The van der Waals surface area contributed by atoms with Crippen molar-refractivity contribution in [2.75, 3.05) is 26.7 Å². The van der Waals surface area contributed by atoms with Crippen LogP contribution in [0, 0.1) is 0 Å². The molecule has 0 N–H and O–H groups in total. The van der Waals surface area contributed by atoms with Gasteiger partial charge in [-0.15, -0.1) is 0 Å². The van der Waals surface area contributed by atoms with Gasteiger partial charge >= 0.3 is 0 Å². The van der Waals surface area contributed by atoms with Crippen molar-refractivity contribution in [3.05, 3.63) is 58.6 Å². The molecule has 0 spiro atoms. The smallest absolute Gasteiger partial charge is 0.246 e. The molecule has 1 unspecified atom stereocenters. The van der Waals surface area contributed by atoms with E-state index >= 15 is 0 Å². The Bertz CT molecular complexity index is 948. The Labute approximate surface area is 165 Å². The van der Waals surface area contributed by atoms with Gasteiger partial charge in [-0.05, 0) is 42.2 Å². The number of nitrogens with zero attached hydrogens (tertiary/aromatic N) is 2.